The largest absolute Gasteiger partial charge is 0.488 e. The molecule has 3 aromatic rings. The first-order valence-electron chi connectivity index (χ1n) is 11.2. The number of aromatic nitrogens is 3. The van der Waals surface area contributed by atoms with Gasteiger partial charge in [-0.05, 0) is 44.5 Å². The van der Waals surface area contributed by atoms with Crippen LogP contribution in [0, 0.1) is 13.8 Å². The van der Waals surface area contributed by atoms with Gasteiger partial charge in [0.05, 0.1) is 30.9 Å². The number of alkyl halides is 2. The molecule has 196 valence electrons. The van der Waals surface area contributed by atoms with Gasteiger partial charge < -0.3 is 24.4 Å². The average molecular weight is 516 g/mol. The lowest BCUT2D eigenvalue weighted by Crippen LogP contribution is -2.22. The quantitative estimate of drug-likeness (QED) is 0.426. The number of carbonyl (C=O) groups excluding carboxylic acids is 2. The maximum atomic E-state index is 12.9. The lowest BCUT2D eigenvalue weighted by atomic mass is 10.1. The van der Waals surface area contributed by atoms with E-state index in [1.54, 1.807) is 40.9 Å². The third-order valence-electron chi connectivity index (χ3n) is 4.87. The molecule has 0 saturated heterocycles. The highest BCUT2D eigenvalue weighted by Gasteiger charge is 2.17. The van der Waals surface area contributed by atoms with E-state index in [1.165, 1.54) is 41.7 Å². The number of ether oxygens (including phenoxy) is 3. The lowest BCUT2D eigenvalue weighted by Gasteiger charge is -2.17. The predicted molar refractivity (Wildman–Crippen MR) is 130 cm³/mol. The smallest absolute Gasteiger partial charge is 0.345 e. The Morgan fingerprint density at radius 2 is 1.73 bits per heavy atom. The van der Waals surface area contributed by atoms with E-state index >= 15 is 0 Å². The van der Waals surface area contributed by atoms with Crippen molar-refractivity contribution < 1.29 is 32.6 Å². The van der Waals surface area contributed by atoms with E-state index in [0.29, 0.717) is 17.0 Å². The summed E-state index contributed by atoms with van der Waals surface area (Å²) in [7, 11) is 3.24. The summed E-state index contributed by atoms with van der Waals surface area (Å²) >= 11 is 0. The Balaban J connectivity index is 1.89. The molecule has 2 aromatic heterocycles. The Kier molecular flexibility index (Phi) is 9.01. The normalized spacial score (nSPS) is 11.7. The predicted octanol–water partition coefficient (Wildman–Crippen LogP) is 4.24. The van der Waals surface area contributed by atoms with E-state index in [4.69, 9.17) is 9.47 Å². The van der Waals surface area contributed by atoms with Crippen molar-refractivity contribution in [3.8, 4) is 17.2 Å². The van der Waals surface area contributed by atoms with Gasteiger partial charge in [-0.2, -0.15) is 8.78 Å². The van der Waals surface area contributed by atoms with Crippen LogP contribution >= 0.6 is 0 Å². The fourth-order valence-electron chi connectivity index (χ4n) is 3.07. The highest BCUT2D eigenvalue weighted by atomic mass is 19.3. The first kappa shape index (κ1) is 27.4. The van der Waals surface area contributed by atoms with Crippen molar-refractivity contribution in [1.82, 2.24) is 19.9 Å². The number of rotatable bonds is 10. The number of nitrogens with one attached hydrogen (secondary N) is 1. The number of amides is 2. The Labute approximate surface area is 212 Å². The van der Waals surface area contributed by atoms with Crippen LogP contribution in [0.2, 0.25) is 0 Å². The van der Waals surface area contributed by atoms with Gasteiger partial charge in [0.2, 0.25) is 0 Å². The first-order chi connectivity index (χ1) is 17.5. The van der Waals surface area contributed by atoms with E-state index in [9.17, 15) is 18.4 Å². The van der Waals surface area contributed by atoms with Gasteiger partial charge in [-0.25, -0.2) is 9.97 Å². The Morgan fingerprint density at radius 1 is 1.00 bits per heavy atom. The summed E-state index contributed by atoms with van der Waals surface area (Å²) in [5.74, 6) is 0.209. The maximum Gasteiger partial charge on any atom is 0.345 e. The summed E-state index contributed by atoms with van der Waals surface area (Å²) in [4.78, 5) is 38.9. The van der Waals surface area contributed by atoms with E-state index < -0.39 is 18.6 Å². The summed E-state index contributed by atoms with van der Waals surface area (Å²) in [6.45, 7) is 1.76. The molecule has 37 heavy (non-hydrogen) atoms. The Morgan fingerprint density at radius 3 is 2.35 bits per heavy atom. The highest BCUT2D eigenvalue weighted by molar-refractivity contribution is 6.04. The van der Waals surface area contributed by atoms with Crippen LogP contribution in [-0.4, -0.2) is 65.1 Å². The molecule has 0 spiro atoms. The number of hydrogen-bond donors (Lipinski definition) is 1. The molecule has 1 N–H and O–H groups in total. The van der Waals surface area contributed by atoms with Crippen LogP contribution in [0.1, 0.15) is 39.0 Å². The van der Waals surface area contributed by atoms with Gasteiger partial charge in [0.25, 0.3) is 11.8 Å². The van der Waals surface area contributed by atoms with Crippen LogP contribution in [-0.2, 0) is 4.74 Å². The zero-order valence-corrected chi connectivity index (χ0v) is 21.0. The molecule has 0 unspecified atom stereocenters. The van der Waals surface area contributed by atoms with Crippen molar-refractivity contribution >= 4 is 17.6 Å². The van der Waals surface area contributed by atoms with Crippen molar-refractivity contribution in [2.45, 2.75) is 33.5 Å². The minimum Gasteiger partial charge on any atom is -0.488 e. The molecule has 1 atom stereocenters. The molecule has 0 bridgehead atoms. The van der Waals surface area contributed by atoms with Crippen LogP contribution in [0.4, 0.5) is 14.6 Å². The van der Waals surface area contributed by atoms with E-state index in [-0.39, 0.29) is 41.1 Å². The minimum absolute atomic E-state index is 0.155. The van der Waals surface area contributed by atoms with Crippen LogP contribution in [0.25, 0.3) is 0 Å². The topological polar surface area (TPSA) is 116 Å². The summed E-state index contributed by atoms with van der Waals surface area (Å²) in [6.07, 6.45) is 3.58. The second-order valence-corrected chi connectivity index (χ2v) is 8.35. The molecule has 2 heterocycles. The minimum atomic E-state index is -2.93. The number of benzene rings is 1. The summed E-state index contributed by atoms with van der Waals surface area (Å²) < 4.78 is 40.8. The number of halogens is 2. The van der Waals surface area contributed by atoms with Crippen molar-refractivity contribution in [3.05, 3.63) is 65.4 Å². The molecule has 3 rings (SSSR count). The molecule has 0 fully saturated rings. The summed E-state index contributed by atoms with van der Waals surface area (Å²) in [5.41, 5.74) is 1.72. The van der Waals surface area contributed by atoms with Crippen molar-refractivity contribution in [2.24, 2.45) is 0 Å². The number of hydrogen-bond acceptors (Lipinski definition) is 8. The van der Waals surface area contributed by atoms with Crippen LogP contribution < -0.4 is 14.8 Å². The van der Waals surface area contributed by atoms with Crippen molar-refractivity contribution in [2.75, 3.05) is 26.0 Å². The van der Waals surface area contributed by atoms with Gasteiger partial charge in [-0.1, -0.05) is 0 Å². The molecule has 0 saturated carbocycles. The Hall–Kier alpha value is -4.19. The van der Waals surface area contributed by atoms with E-state index in [2.05, 4.69) is 25.0 Å². The number of pyridine rings is 1. The number of carbonyl (C=O) groups is 2. The first-order valence-corrected chi connectivity index (χ1v) is 11.2. The molecule has 0 aliphatic heterocycles. The molecule has 0 aliphatic carbocycles. The van der Waals surface area contributed by atoms with Gasteiger partial charge in [0.15, 0.2) is 5.82 Å². The molecule has 0 aliphatic rings. The standard InChI is InChI=1S/C25H27F2N5O5/c1-14-6-20(24(34)32(4)5)29-11-21(14)37-19-8-17(23(33)31-22-12-28-15(2)10-30-22)7-18(9-19)36-16(3)13-35-25(26)27/h6-12,16,25H,13H2,1-5H3,(H,30,31,33)/t16-/m0/s1. The van der Waals surface area contributed by atoms with Crippen LogP contribution in [0.5, 0.6) is 17.2 Å². The van der Waals surface area contributed by atoms with Gasteiger partial charge in [0.1, 0.15) is 29.0 Å². The van der Waals surface area contributed by atoms with Gasteiger partial charge in [0, 0.05) is 25.7 Å². The monoisotopic (exact) mass is 515 g/mol. The summed E-state index contributed by atoms with van der Waals surface area (Å²) in [6, 6.07) is 6.00. The highest BCUT2D eigenvalue weighted by Crippen LogP contribution is 2.30. The second kappa shape index (κ2) is 12.2. The van der Waals surface area contributed by atoms with Gasteiger partial charge in [-0.15, -0.1) is 0 Å². The molecular formula is C25H27F2N5O5. The molecule has 10 nitrogen and oxygen atoms in total. The van der Waals surface area contributed by atoms with Crippen molar-refractivity contribution in [3.63, 3.8) is 0 Å². The lowest BCUT2D eigenvalue weighted by molar-refractivity contribution is -0.142. The number of nitrogens with zero attached hydrogens (tertiary/aromatic N) is 4. The molecule has 12 heteroatoms. The van der Waals surface area contributed by atoms with E-state index in [0.717, 1.165) is 0 Å². The van der Waals surface area contributed by atoms with Gasteiger partial charge >= 0.3 is 6.61 Å². The zero-order chi connectivity index (χ0) is 27.1. The molecule has 2 amide bonds. The second-order valence-electron chi connectivity index (χ2n) is 8.35. The fourth-order valence-corrected chi connectivity index (χ4v) is 3.07. The Bertz CT molecular complexity index is 1250. The number of anilines is 1. The third-order valence-corrected chi connectivity index (χ3v) is 4.87. The van der Waals surface area contributed by atoms with Gasteiger partial charge in [-0.3, -0.25) is 14.6 Å². The van der Waals surface area contributed by atoms with Crippen molar-refractivity contribution in [1.29, 1.82) is 0 Å². The molecular weight excluding hydrogens is 488 g/mol. The zero-order valence-electron chi connectivity index (χ0n) is 21.0. The SMILES string of the molecule is Cc1cnc(NC(=O)c2cc(Oc3cnc(C(=O)N(C)C)cc3C)cc(O[C@@H](C)COC(F)F)c2)cn1. The number of aryl methyl sites for hydroxylation is 2. The third kappa shape index (κ3) is 7.90. The average Bonchev–Trinajstić information content (AvgIpc) is 2.84. The maximum absolute atomic E-state index is 12.9. The summed E-state index contributed by atoms with van der Waals surface area (Å²) in [5, 5.41) is 2.64. The molecule has 0 radical (unpaired) electrons. The van der Waals surface area contributed by atoms with Crippen LogP contribution in [0.3, 0.4) is 0 Å². The van der Waals surface area contributed by atoms with Crippen LogP contribution in [0.15, 0.2) is 42.9 Å². The fraction of sp³-hybridized carbons (Fsp3) is 0.320. The molecule has 1 aromatic carbocycles. The van der Waals surface area contributed by atoms with E-state index in [1.807, 2.05) is 0 Å².